The van der Waals surface area contributed by atoms with Gasteiger partial charge in [-0.3, -0.25) is 14.4 Å². The molecule has 0 aliphatic heterocycles. The van der Waals surface area contributed by atoms with Crippen molar-refractivity contribution in [3.05, 3.63) is 46.1 Å². The van der Waals surface area contributed by atoms with Crippen LogP contribution in [0.25, 0.3) is 0 Å². The number of hydrogen-bond donors (Lipinski definition) is 4. The molecule has 0 aromatic rings. The average Bonchev–Trinajstić information content (AvgIpc) is 3.09. The zero-order valence-corrected chi connectivity index (χ0v) is 25.7. The van der Waals surface area contributed by atoms with Gasteiger partial charge in [0.2, 0.25) is 17.7 Å². The molecule has 0 bridgehead atoms. The van der Waals surface area contributed by atoms with Crippen LogP contribution in [-0.2, 0) is 14.4 Å². The Balaban J connectivity index is 1.69. The lowest BCUT2D eigenvalue weighted by atomic mass is 9.75. The van der Waals surface area contributed by atoms with Crippen LogP contribution in [0.4, 0.5) is 0 Å². The van der Waals surface area contributed by atoms with Gasteiger partial charge in [0.15, 0.2) is 0 Å². The highest BCUT2D eigenvalue weighted by atomic mass is 16.2. The summed E-state index contributed by atoms with van der Waals surface area (Å²) in [5.74, 6) is -0.132. The van der Waals surface area contributed by atoms with Crippen molar-refractivity contribution in [1.82, 2.24) is 16.0 Å². The number of nitrogens with one attached hydrogen (secondary N) is 3. The summed E-state index contributed by atoms with van der Waals surface area (Å²) in [5, 5.41) is 8.99. The number of carbonyl (C=O) groups excluding carboxylic acids is 3. The summed E-state index contributed by atoms with van der Waals surface area (Å²) in [4.78, 5) is 37.9. The van der Waals surface area contributed by atoms with Gasteiger partial charge in [0.05, 0.1) is 0 Å². The van der Waals surface area contributed by atoms with E-state index in [9.17, 15) is 14.4 Å². The van der Waals surface area contributed by atoms with Crippen molar-refractivity contribution < 1.29 is 14.4 Å². The Labute approximate surface area is 242 Å². The van der Waals surface area contributed by atoms with Gasteiger partial charge in [-0.2, -0.15) is 0 Å². The molecule has 0 aromatic carbocycles. The fraction of sp³-hybridized carbons (Fsp3) is 0.667. The fourth-order valence-corrected chi connectivity index (χ4v) is 5.67. The number of rotatable bonds is 18. The van der Waals surface area contributed by atoms with Crippen LogP contribution in [0.5, 0.6) is 0 Å². The summed E-state index contributed by atoms with van der Waals surface area (Å²) in [7, 11) is 0. The van der Waals surface area contributed by atoms with Crippen molar-refractivity contribution in [3.8, 4) is 0 Å². The van der Waals surface area contributed by atoms with Gasteiger partial charge in [-0.15, -0.1) is 0 Å². The monoisotopic (exact) mass is 554 g/mol. The first-order valence-corrected chi connectivity index (χ1v) is 15.3. The molecule has 0 radical (unpaired) electrons. The number of unbranched alkanes of at least 4 members (excludes halogenated alkanes) is 3. The Morgan fingerprint density at radius 1 is 0.900 bits per heavy atom. The third-order valence-corrected chi connectivity index (χ3v) is 9.04. The van der Waals surface area contributed by atoms with E-state index < -0.39 is 6.04 Å². The van der Waals surface area contributed by atoms with Crippen LogP contribution < -0.4 is 21.7 Å². The van der Waals surface area contributed by atoms with Crippen LogP contribution in [0.15, 0.2) is 46.1 Å². The minimum atomic E-state index is -0.548. The molecule has 3 amide bonds. The zero-order chi connectivity index (χ0) is 29.5. The second-order valence-electron chi connectivity index (χ2n) is 11.7. The first kappa shape index (κ1) is 33.5. The van der Waals surface area contributed by atoms with Crippen LogP contribution in [0.1, 0.15) is 112 Å². The SMILES string of the molecule is CC1=C(C)C(C)(CCC(=O)N[C@@H](CCCCN)C(=O)NCCCCCC(=O)NCCC2=CC=CCC2)C(C)=C1C. The predicted molar refractivity (Wildman–Crippen MR) is 164 cm³/mol. The van der Waals surface area contributed by atoms with Crippen molar-refractivity contribution in [3.63, 3.8) is 0 Å². The Kier molecular flexibility index (Phi) is 14.4. The first-order chi connectivity index (χ1) is 19.1. The molecule has 0 spiro atoms. The van der Waals surface area contributed by atoms with Gasteiger partial charge in [-0.25, -0.2) is 0 Å². The maximum atomic E-state index is 12.9. The second-order valence-corrected chi connectivity index (χ2v) is 11.7. The van der Waals surface area contributed by atoms with Gasteiger partial charge < -0.3 is 21.7 Å². The molecule has 1 atom stereocenters. The van der Waals surface area contributed by atoms with Gasteiger partial charge >= 0.3 is 0 Å². The first-order valence-electron chi connectivity index (χ1n) is 15.3. The van der Waals surface area contributed by atoms with Gasteiger partial charge in [0, 0.05) is 31.3 Å². The quantitative estimate of drug-likeness (QED) is 0.167. The number of carbonyl (C=O) groups is 3. The lowest BCUT2D eigenvalue weighted by Gasteiger charge is -2.29. The van der Waals surface area contributed by atoms with E-state index in [1.54, 1.807) is 0 Å². The molecule has 2 rings (SSSR count). The van der Waals surface area contributed by atoms with E-state index in [0.717, 1.165) is 57.8 Å². The minimum Gasteiger partial charge on any atom is -0.356 e. The molecule has 0 unspecified atom stereocenters. The van der Waals surface area contributed by atoms with Crippen molar-refractivity contribution in [2.45, 2.75) is 118 Å². The van der Waals surface area contributed by atoms with Gasteiger partial charge in [0.25, 0.3) is 0 Å². The molecule has 2 aliphatic carbocycles. The molecule has 5 N–H and O–H groups in total. The molecule has 224 valence electrons. The van der Waals surface area contributed by atoms with Crippen LogP contribution >= 0.6 is 0 Å². The smallest absolute Gasteiger partial charge is 0.242 e. The largest absolute Gasteiger partial charge is 0.356 e. The molecule has 0 fully saturated rings. The van der Waals surface area contributed by atoms with Gasteiger partial charge in [0.1, 0.15) is 6.04 Å². The molecule has 7 heteroatoms. The third kappa shape index (κ3) is 10.4. The van der Waals surface area contributed by atoms with Crippen LogP contribution in [0.3, 0.4) is 0 Å². The molecule has 0 saturated heterocycles. The summed E-state index contributed by atoms with van der Waals surface area (Å²) in [6, 6.07) is -0.548. The maximum Gasteiger partial charge on any atom is 0.242 e. The Bertz CT molecular complexity index is 981. The fourth-order valence-electron chi connectivity index (χ4n) is 5.67. The molecular formula is C33H54N4O3. The van der Waals surface area contributed by atoms with Crippen LogP contribution in [0, 0.1) is 5.41 Å². The maximum absolute atomic E-state index is 12.9. The highest BCUT2D eigenvalue weighted by Gasteiger charge is 2.36. The summed E-state index contributed by atoms with van der Waals surface area (Å²) in [6.07, 6.45) is 15.8. The van der Waals surface area contributed by atoms with E-state index in [0.29, 0.717) is 38.9 Å². The summed E-state index contributed by atoms with van der Waals surface area (Å²) in [6.45, 7) is 12.6. The lowest BCUT2D eigenvalue weighted by Crippen LogP contribution is -2.47. The Morgan fingerprint density at radius 3 is 2.27 bits per heavy atom. The minimum absolute atomic E-state index is 0.0841. The zero-order valence-electron chi connectivity index (χ0n) is 25.7. The lowest BCUT2D eigenvalue weighted by molar-refractivity contribution is -0.129. The average molecular weight is 555 g/mol. The summed E-state index contributed by atoms with van der Waals surface area (Å²) < 4.78 is 0. The van der Waals surface area contributed by atoms with Crippen molar-refractivity contribution in [2.24, 2.45) is 11.1 Å². The normalized spacial score (nSPS) is 17.1. The van der Waals surface area contributed by atoms with Crippen LogP contribution in [0.2, 0.25) is 0 Å². The third-order valence-electron chi connectivity index (χ3n) is 9.04. The highest BCUT2D eigenvalue weighted by Crippen LogP contribution is 2.49. The van der Waals surface area contributed by atoms with Crippen LogP contribution in [-0.4, -0.2) is 43.4 Å². The van der Waals surface area contributed by atoms with Crippen molar-refractivity contribution in [1.29, 1.82) is 0 Å². The van der Waals surface area contributed by atoms with E-state index in [4.69, 9.17) is 5.73 Å². The number of amides is 3. The number of hydrogen-bond acceptors (Lipinski definition) is 4. The molecule has 0 saturated carbocycles. The summed E-state index contributed by atoms with van der Waals surface area (Å²) >= 11 is 0. The standard InChI is InChI=1S/C33H54N4O3/c1-24-25(2)27(4)33(5,26(24)3)20-18-31(39)37-29(16-11-12-21-34)32(40)36-22-13-7-10-17-30(38)35-23-19-28-14-8-6-9-15-28/h6,8,14,29H,7,9-13,15-23,34H2,1-5H3,(H,35,38)(H,36,40)(H,37,39)/t29-/m0/s1. The van der Waals surface area contributed by atoms with E-state index >= 15 is 0 Å². The molecular weight excluding hydrogens is 500 g/mol. The topological polar surface area (TPSA) is 113 Å². The molecule has 40 heavy (non-hydrogen) atoms. The number of allylic oxidation sites excluding steroid dienone is 7. The molecule has 0 aromatic heterocycles. The van der Waals surface area contributed by atoms with Crippen molar-refractivity contribution in [2.75, 3.05) is 19.6 Å². The Hall–Kier alpha value is -2.67. The predicted octanol–water partition coefficient (Wildman–Crippen LogP) is 5.53. The van der Waals surface area contributed by atoms with E-state index in [1.807, 2.05) is 0 Å². The van der Waals surface area contributed by atoms with Gasteiger partial charge in [-0.05, 0) is 103 Å². The molecule has 0 heterocycles. The molecule has 2 aliphatic rings. The van der Waals surface area contributed by atoms with E-state index in [1.165, 1.54) is 27.9 Å². The Morgan fingerprint density at radius 2 is 1.62 bits per heavy atom. The highest BCUT2D eigenvalue weighted by molar-refractivity contribution is 5.87. The van der Waals surface area contributed by atoms with E-state index in [2.05, 4.69) is 68.8 Å². The second kappa shape index (κ2) is 17.2. The molecule has 7 nitrogen and oxygen atoms in total. The summed E-state index contributed by atoms with van der Waals surface area (Å²) in [5.41, 5.74) is 12.3. The van der Waals surface area contributed by atoms with Crippen molar-refractivity contribution >= 4 is 17.7 Å². The number of nitrogens with two attached hydrogens (primary N) is 1. The van der Waals surface area contributed by atoms with E-state index in [-0.39, 0.29) is 23.1 Å². The van der Waals surface area contributed by atoms with Gasteiger partial charge in [-0.1, -0.05) is 48.3 Å².